The standard InChI is InChI=1S/C31H37Cl2F2N5O4/c1-31(2)12-3-4-14-40(31)26(42)10-9-25(41)39-17-18-5-6-20(34)15-19(18)16-24(39)30(44)38-23(11-13-36)29(43)37-22-8-7-21(32)27(33)28(22)35/h5-8,15,23-24H,3-4,9-14,16-17,36H2,1-2H3,(H,37,43)(H,38,44)/t23-,24?/m0/s1. The van der Waals surface area contributed by atoms with Crippen molar-refractivity contribution in [1.82, 2.24) is 15.1 Å². The number of nitrogens with zero attached hydrogens (tertiary/aromatic N) is 2. The van der Waals surface area contributed by atoms with Crippen molar-refractivity contribution < 1.29 is 28.0 Å². The van der Waals surface area contributed by atoms with Crippen LogP contribution in [0.25, 0.3) is 0 Å². The van der Waals surface area contributed by atoms with Gasteiger partial charge < -0.3 is 26.2 Å². The van der Waals surface area contributed by atoms with Crippen LogP contribution in [-0.4, -0.2) is 64.1 Å². The van der Waals surface area contributed by atoms with E-state index in [1.165, 1.54) is 29.2 Å². The number of hydrogen-bond donors (Lipinski definition) is 3. The molecule has 1 unspecified atom stereocenters. The molecule has 0 radical (unpaired) electrons. The molecule has 0 aliphatic carbocycles. The van der Waals surface area contributed by atoms with E-state index in [1.807, 2.05) is 18.7 Å². The third-order valence-electron chi connectivity index (χ3n) is 8.31. The molecule has 4 rings (SSSR count). The summed E-state index contributed by atoms with van der Waals surface area (Å²) >= 11 is 11.7. The minimum atomic E-state index is -1.19. The molecule has 4 amide bonds. The summed E-state index contributed by atoms with van der Waals surface area (Å²) in [5.74, 6) is -3.38. The van der Waals surface area contributed by atoms with Crippen LogP contribution in [0.1, 0.15) is 63.5 Å². The van der Waals surface area contributed by atoms with Gasteiger partial charge in [0.15, 0.2) is 5.82 Å². The van der Waals surface area contributed by atoms with E-state index in [2.05, 4.69) is 10.6 Å². The quantitative estimate of drug-likeness (QED) is 0.343. The first kappa shape index (κ1) is 33.6. The number of benzene rings is 2. The predicted molar refractivity (Wildman–Crippen MR) is 164 cm³/mol. The fraction of sp³-hybridized carbons (Fsp3) is 0.484. The summed E-state index contributed by atoms with van der Waals surface area (Å²) in [7, 11) is 0. The molecular weight excluding hydrogens is 615 g/mol. The molecule has 9 nitrogen and oxygen atoms in total. The second-order valence-corrected chi connectivity index (χ2v) is 12.6. The van der Waals surface area contributed by atoms with Crippen LogP contribution in [0.5, 0.6) is 0 Å². The van der Waals surface area contributed by atoms with Crippen LogP contribution in [0.3, 0.4) is 0 Å². The predicted octanol–water partition coefficient (Wildman–Crippen LogP) is 4.57. The molecule has 0 spiro atoms. The largest absolute Gasteiger partial charge is 0.342 e. The number of amides is 4. The Bertz CT molecular complexity index is 1440. The fourth-order valence-electron chi connectivity index (χ4n) is 5.81. The first-order valence-corrected chi connectivity index (χ1v) is 15.4. The Morgan fingerprint density at radius 3 is 2.48 bits per heavy atom. The maximum atomic E-state index is 14.6. The maximum Gasteiger partial charge on any atom is 0.247 e. The zero-order chi connectivity index (χ0) is 32.2. The van der Waals surface area contributed by atoms with Crippen molar-refractivity contribution in [3.05, 3.63) is 63.1 Å². The Morgan fingerprint density at radius 1 is 1.05 bits per heavy atom. The third kappa shape index (κ3) is 7.68. The van der Waals surface area contributed by atoms with Crippen molar-refractivity contribution in [3.8, 4) is 0 Å². The second-order valence-electron chi connectivity index (χ2n) is 11.8. The highest BCUT2D eigenvalue weighted by Crippen LogP contribution is 2.31. The highest BCUT2D eigenvalue weighted by molar-refractivity contribution is 6.42. The number of anilines is 1. The minimum Gasteiger partial charge on any atom is -0.342 e. The number of carbonyl (C=O) groups excluding carboxylic acids is 4. The smallest absolute Gasteiger partial charge is 0.247 e. The van der Waals surface area contributed by atoms with E-state index in [-0.39, 0.29) is 66.0 Å². The van der Waals surface area contributed by atoms with Gasteiger partial charge in [0.25, 0.3) is 0 Å². The molecule has 0 bridgehead atoms. The molecule has 2 aliphatic rings. The number of piperidine rings is 1. The molecule has 44 heavy (non-hydrogen) atoms. The first-order chi connectivity index (χ1) is 20.8. The van der Waals surface area contributed by atoms with Crippen molar-refractivity contribution in [3.63, 3.8) is 0 Å². The number of fused-ring (bicyclic) bond motifs is 1. The summed E-state index contributed by atoms with van der Waals surface area (Å²) < 4.78 is 28.7. The molecular formula is C31H37Cl2F2N5O4. The van der Waals surface area contributed by atoms with Crippen molar-refractivity contribution in [2.45, 2.75) is 83.0 Å². The zero-order valence-corrected chi connectivity index (χ0v) is 26.2. The van der Waals surface area contributed by atoms with Crippen LogP contribution in [-0.2, 0) is 32.1 Å². The van der Waals surface area contributed by atoms with Gasteiger partial charge in [-0.05, 0) is 81.5 Å². The topological polar surface area (TPSA) is 125 Å². The first-order valence-electron chi connectivity index (χ1n) is 14.6. The van der Waals surface area contributed by atoms with E-state index in [9.17, 15) is 28.0 Å². The summed E-state index contributed by atoms with van der Waals surface area (Å²) in [6.45, 7) is 4.69. The fourth-order valence-corrected chi connectivity index (χ4v) is 6.12. The Hall–Kier alpha value is -3.28. The molecule has 1 fully saturated rings. The number of likely N-dealkylation sites (tertiary alicyclic amines) is 1. The van der Waals surface area contributed by atoms with E-state index in [0.717, 1.165) is 19.3 Å². The van der Waals surface area contributed by atoms with E-state index >= 15 is 0 Å². The van der Waals surface area contributed by atoms with Gasteiger partial charge in [-0.1, -0.05) is 29.3 Å². The van der Waals surface area contributed by atoms with E-state index in [0.29, 0.717) is 17.7 Å². The van der Waals surface area contributed by atoms with Crippen LogP contribution in [0.4, 0.5) is 14.5 Å². The van der Waals surface area contributed by atoms with Gasteiger partial charge in [0.05, 0.1) is 15.7 Å². The molecule has 2 heterocycles. The average molecular weight is 653 g/mol. The number of hydrogen-bond acceptors (Lipinski definition) is 5. The van der Waals surface area contributed by atoms with E-state index < -0.39 is 41.4 Å². The lowest BCUT2D eigenvalue weighted by Crippen LogP contribution is -2.56. The van der Waals surface area contributed by atoms with Gasteiger partial charge in [-0.3, -0.25) is 19.2 Å². The maximum absolute atomic E-state index is 14.6. The Labute approximate surface area is 265 Å². The molecule has 2 aromatic carbocycles. The number of rotatable bonds is 9. The Kier molecular flexibility index (Phi) is 10.9. The third-order valence-corrected chi connectivity index (χ3v) is 9.09. The van der Waals surface area contributed by atoms with Crippen molar-refractivity contribution in [1.29, 1.82) is 0 Å². The SMILES string of the molecule is CC1(C)CCCCN1C(=O)CCC(=O)N1Cc2ccc(F)cc2CC1C(=O)N[C@@H](CCN)C(=O)Nc1ccc(Cl)c(Cl)c1F. The Balaban J connectivity index is 1.51. The molecule has 4 N–H and O–H groups in total. The summed E-state index contributed by atoms with van der Waals surface area (Å²) in [6, 6.07) is 4.45. The van der Waals surface area contributed by atoms with Gasteiger partial charge in [0.2, 0.25) is 23.6 Å². The number of nitrogens with one attached hydrogen (secondary N) is 2. The van der Waals surface area contributed by atoms with E-state index in [4.69, 9.17) is 28.9 Å². The van der Waals surface area contributed by atoms with Crippen LogP contribution in [0.15, 0.2) is 30.3 Å². The molecule has 1 saturated heterocycles. The lowest BCUT2D eigenvalue weighted by molar-refractivity contribution is -0.145. The lowest BCUT2D eigenvalue weighted by Gasteiger charge is -2.42. The summed E-state index contributed by atoms with van der Waals surface area (Å²) in [5, 5.41) is 4.63. The second kappa shape index (κ2) is 14.2. The normalized spacial score (nSPS) is 18.3. The monoisotopic (exact) mass is 651 g/mol. The van der Waals surface area contributed by atoms with Crippen LogP contribution in [0, 0.1) is 11.6 Å². The lowest BCUT2D eigenvalue weighted by atomic mass is 9.90. The number of carbonyl (C=O) groups is 4. The molecule has 0 aromatic heterocycles. The van der Waals surface area contributed by atoms with Gasteiger partial charge in [0.1, 0.15) is 17.9 Å². The molecule has 13 heteroatoms. The highest BCUT2D eigenvalue weighted by Gasteiger charge is 2.38. The zero-order valence-electron chi connectivity index (χ0n) is 24.7. The van der Waals surface area contributed by atoms with E-state index in [1.54, 1.807) is 6.07 Å². The van der Waals surface area contributed by atoms with Gasteiger partial charge in [-0.2, -0.15) is 0 Å². The van der Waals surface area contributed by atoms with Crippen LogP contribution < -0.4 is 16.4 Å². The van der Waals surface area contributed by atoms with Gasteiger partial charge >= 0.3 is 0 Å². The average Bonchev–Trinajstić information content (AvgIpc) is 2.98. The van der Waals surface area contributed by atoms with Crippen LogP contribution in [0.2, 0.25) is 10.0 Å². The molecule has 238 valence electrons. The molecule has 2 aromatic rings. The Morgan fingerprint density at radius 2 is 1.77 bits per heavy atom. The van der Waals surface area contributed by atoms with Gasteiger partial charge in [0, 0.05) is 37.9 Å². The van der Waals surface area contributed by atoms with Crippen LogP contribution >= 0.6 is 23.2 Å². The number of nitrogens with two attached hydrogens (primary N) is 1. The van der Waals surface area contributed by atoms with Gasteiger partial charge in [-0.15, -0.1) is 0 Å². The van der Waals surface area contributed by atoms with Crippen molar-refractivity contribution >= 4 is 52.5 Å². The van der Waals surface area contributed by atoms with Crippen molar-refractivity contribution in [2.24, 2.45) is 5.73 Å². The highest BCUT2D eigenvalue weighted by atomic mass is 35.5. The summed E-state index contributed by atoms with van der Waals surface area (Å²) in [4.78, 5) is 56.6. The summed E-state index contributed by atoms with van der Waals surface area (Å²) in [5.41, 5.74) is 6.41. The minimum absolute atomic E-state index is 0.00382. The summed E-state index contributed by atoms with van der Waals surface area (Å²) in [6.07, 6.45) is 2.68. The number of halogens is 4. The molecule has 0 saturated carbocycles. The molecule has 2 aliphatic heterocycles. The van der Waals surface area contributed by atoms with Gasteiger partial charge in [-0.25, -0.2) is 8.78 Å². The molecule has 2 atom stereocenters. The van der Waals surface area contributed by atoms with Crippen molar-refractivity contribution in [2.75, 3.05) is 18.4 Å².